The molecule has 0 rings (SSSR count). The summed E-state index contributed by atoms with van der Waals surface area (Å²) in [5, 5.41) is 7.42. The number of ether oxygens (including phenoxy) is 1. The molecule has 0 heterocycles. The molecule has 0 aliphatic heterocycles. The summed E-state index contributed by atoms with van der Waals surface area (Å²) in [6, 6.07) is 0. The first-order chi connectivity index (χ1) is 5.73. The van der Waals surface area contributed by atoms with Gasteiger partial charge in [0.25, 0.3) is 17.0 Å². The molecule has 8 heteroatoms. The first-order valence-electron chi connectivity index (χ1n) is 2.81. The summed E-state index contributed by atoms with van der Waals surface area (Å²) in [4.78, 5) is 18.6. The number of methoxy groups -OCH3 is 1. The van der Waals surface area contributed by atoms with E-state index in [9.17, 15) is 4.79 Å². The van der Waals surface area contributed by atoms with E-state index in [0.29, 0.717) is 0 Å². The molecule has 0 fully saturated rings. The van der Waals surface area contributed by atoms with E-state index in [1.165, 1.54) is 14.0 Å². The van der Waals surface area contributed by atoms with Crippen molar-refractivity contribution >= 4 is 22.9 Å². The second kappa shape index (κ2) is 13.4. The van der Waals surface area contributed by atoms with Crippen molar-refractivity contribution in [2.45, 2.75) is 13.8 Å². The molecule has 0 saturated carbocycles. The Bertz CT molecular complexity index is 195. The molecule has 80 valence electrons. The Hall–Kier alpha value is -1.15. The Morgan fingerprint density at radius 1 is 1.23 bits per heavy atom. The number of carboxylic acids is 1. The highest BCUT2D eigenvalue weighted by Gasteiger charge is 1.75. The third-order valence-electron chi connectivity index (χ3n) is 0.287. The largest absolute Gasteiger partial charge is 0.481 e. The van der Waals surface area contributed by atoms with Crippen LogP contribution in [0.25, 0.3) is 0 Å². The van der Waals surface area contributed by atoms with Crippen LogP contribution in [-0.2, 0) is 25.3 Å². The van der Waals surface area contributed by atoms with E-state index in [4.69, 9.17) is 22.9 Å². The predicted octanol–water partition coefficient (Wildman–Crippen LogP) is -0.659. The SMILES string of the molecule is CC(=O)O.COC(C)=O.O=[SH](=O)O. The van der Waals surface area contributed by atoms with E-state index in [-0.39, 0.29) is 5.97 Å². The van der Waals surface area contributed by atoms with E-state index in [2.05, 4.69) is 4.74 Å². The number of hydrogen-bond donors (Lipinski definition) is 3. The van der Waals surface area contributed by atoms with E-state index in [0.717, 1.165) is 6.92 Å². The molecular formula is C5H12O7S. The quantitative estimate of drug-likeness (QED) is 0.279. The Morgan fingerprint density at radius 2 is 1.31 bits per heavy atom. The highest BCUT2D eigenvalue weighted by Crippen LogP contribution is 1.60. The molecule has 2 N–H and O–H groups in total. The van der Waals surface area contributed by atoms with Crippen molar-refractivity contribution in [1.29, 1.82) is 0 Å². The van der Waals surface area contributed by atoms with Gasteiger partial charge in [-0.1, -0.05) is 0 Å². The van der Waals surface area contributed by atoms with Crippen molar-refractivity contribution in [1.82, 2.24) is 0 Å². The molecule has 0 aromatic heterocycles. The predicted molar refractivity (Wildman–Crippen MR) is 43.9 cm³/mol. The normalized spacial score (nSPS) is 7.15. The number of esters is 1. The van der Waals surface area contributed by atoms with Gasteiger partial charge in [-0.25, -0.2) is 8.42 Å². The van der Waals surface area contributed by atoms with E-state index in [1.54, 1.807) is 0 Å². The van der Waals surface area contributed by atoms with Gasteiger partial charge in [0.1, 0.15) is 0 Å². The smallest absolute Gasteiger partial charge is 0.302 e. The standard InChI is InChI=1S/C3H6O2.C2H4O2.H2O3S/c1-3(4)5-2;1-2(3)4;1-4(2)3/h1-2H3;1H3,(H,3,4);4H,(H,1,2,3). The second-order valence-corrected chi connectivity index (χ2v) is 1.93. The maximum Gasteiger partial charge on any atom is 0.302 e. The van der Waals surface area contributed by atoms with Crippen LogP contribution >= 0.6 is 0 Å². The van der Waals surface area contributed by atoms with Gasteiger partial charge >= 0.3 is 5.97 Å². The van der Waals surface area contributed by atoms with Crippen LogP contribution in [0.15, 0.2) is 0 Å². The number of rotatable bonds is 0. The van der Waals surface area contributed by atoms with Gasteiger partial charge in [0.2, 0.25) is 0 Å². The van der Waals surface area contributed by atoms with Crippen LogP contribution < -0.4 is 0 Å². The zero-order chi connectivity index (χ0) is 11.4. The summed E-state index contributed by atoms with van der Waals surface area (Å²) in [6.07, 6.45) is 0. The molecule has 0 aromatic rings. The van der Waals surface area contributed by atoms with Gasteiger partial charge in [0.15, 0.2) is 0 Å². The molecule has 0 unspecified atom stereocenters. The van der Waals surface area contributed by atoms with Crippen molar-refractivity contribution in [2.24, 2.45) is 0 Å². The van der Waals surface area contributed by atoms with Crippen LogP contribution in [-0.4, -0.2) is 37.1 Å². The first-order valence-corrected chi connectivity index (χ1v) is 3.94. The molecule has 13 heavy (non-hydrogen) atoms. The lowest BCUT2D eigenvalue weighted by molar-refractivity contribution is -0.138. The van der Waals surface area contributed by atoms with Gasteiger partial charge in [-0.2, -0.15) is 0 Å². The lowest BCUT2D eigenvalue weighted by atomic mass is 10.8. The van der Waals surface area contributed by atoms with Crippen LogP contribution in [0.2, 0.25) is 0 Å². The van der Waals surface area contributed by atoms with Crippen LogP contribution in [0.4, 0.5) is 0 Å². The third kappa shape index (κ3) is 1180. The minimum atomic E-state index is -3.12. The number of hydrogen-bond acceptors (Lipinski definition) is 5. The summed E-state index contributed by atoms with van der Waals surface area (Å²) >= 11 is 0. The fourth-order valence-corrected chi connectivity index (χ4v) is 0. The number of aliphatic carboxylic acids is 1. The van der Waals surface area contributed by atoms with Gasteiger partial charge in [-0.05, 0) is 0 Å². The average molecular weight is 216 g/mol. The average Bonchev–Trinajstić information content (AvgIpc) is 1.84. The Kier molecular flexibility index (Phi) is 18.4. The minimum absolute atomic E-state index is 0.245. The monoisotopic (exact) mass is 216 g/mol. The van der Waals surface area contributed by atoms with Gasteiger partial charge in [-0.3, -0.25) is 14.1 Å². The summed E-state index contributed by atoms with van der Waals surface area (Å²) in [5.41, 5.74) is 0. The molecule has 0 amide bonds. The van der Waals surface area contributed by atoms with Crippen molar-refractivity contribution < 1.29 is 32.4 Å². The first kappa shape index (κ1) is 17.8. The van der Waals surface area contributed by atoms with Crippen molar-refractivity contribution in [3.63, 3.8) is 0 Å². The summed E-state index contributed by atoms with van der Waals surface area (Å²) in [7, 11) is -1.77. The molecule has 0 atom stereocenters. The van der Waals surface area contributed by atoms with Crippen LogP contribution in [0.1, 0.15) is 13.8 Å². The van der Waals surface area contributed by atoms with E-state index < -0.39 is 17.0 Å². The molecule has 0 bridgehead atoms. The van der Waals surface area contributed by atoms with Gasteiger partial charge in [0, 0.05) is 13.8 Å². The Morgan fingerprint density at radius 3 is 1.31 bits per heavy atom. The lowest BCUT2D eigenvalue weighted by Crippen LogP contribution is -1.88. The minimum Gasteiger partial charge on any atom is -0.481 e. The third-order valence-corrected chi connectivity index (χ3v) is 0.287. The number of carboxylic acid groups (broad SMARTS) is 1. The topological polar surface area (TPSA) is 118 Å². The maximum atomic E-state index is 9.59. The summed E-state index contributed by atoms with van der Waals surface area (Å²) in [6.45, 7) is 2.44. The van der Waals surface area contributed by atoms with Gasteiger partial charge in [-0.15, -0.1) is 0 Å². The fourth-order valence-electron chi connectivity index (χ4n) is 0. The maximum absolute atomic E-state index is 9.59. The summed E-state index contributed by atoms with van der Waals surface area (Å²) < 4.78 is 28.3. The van der Waals surface area contributed by atoms with Gasteiger partial charge in [0.05, 0.1) is 7.11 Å². The Labute approximate surface area is 77.1 Å². The zero-order valence-corrected chi connectivity index (χ0v) is 8.28. The van der Waals surface area contributed by atoms with Crippen molar-refractivity contribution in [3.05, 3.63) is 0 Å². The van der Waals surface area contributed by atoms with E-state index in [1.807, 2.05) is 0 Å². The zero-order valence-electron chi connectivity index (χ0n) is 7.38. The Balaban J connectivity index is -0.000000117. The number of carbonyl (C=O) groups is 2. The molecule has 0 radical (unpaired) electrons. The second-order valence-electron chi connectivity index (χ2n) is 1.45. The molecule has 0 aliphatic rings. The molecule has 7 nitrogen and oxygen atoms in total. The fraction of sp³-hybridized carbons (Fsp3) is 0.600. The van der Waals surface area contributed by atoms with Gasteiger partial charge < -0.3 is 9.84 Å². The van der Waals surface area contributed by atoms with Crippen LogP contribution in [0.5, 0.6) is 0 Å². The highest BCUT2D eigenvalue weighted by molar-refractivity contribution is 7.66. The molecule has 0 spiro atoms. The molecule has 0 aliphatic carbocycles. The molecule has 0 aromatic carbocycles. The van der Waals surface area contributed by atoms with Crippen LogP contribution in [0, 0.1) is 0 Å². The van der Waals surface area contributed by atoms with E-state index >= 15 is 0 Å². The number of carbonyl (C=O) groups excluding carboxylic acids is 1. The summed E-state index contributed by atoms with van der Waals surface area (Å²) in [5.74, 6) is -1.08. The molecule has 0 saturated heterocycles. The van der Waals surface area contributed by atoms with Crippen molar-refractivity contribution in [3.8, 4) is 0 Å². The lowest BCUT2D eigenvalue weighted by Gasteiger charge is -1.80. The highest BCUT2D eigenvalue weighted by atomic mass is 32.2. The van der Waals surface area contributed by atoms with Crippen LogP contribution in [0.3, 0.4) is 0 Å². The van der Waals surface area contributed by atoms with Crippen molar-refractivity contribution in [2.75, 3.05) is 7.11 Å². The number of thiol groups is 1. The molecular weight excluding hydrogens is 204 g/mol.